The van der Waals surface area contributed by atoms with Crippen molar-refractivity contribution in [2.75, 3.05) is 0 Å². The molecule has 0 N–H and O–H groups in total. The van der Waals surface area contributed by atoms with E-state index in [1.807, 2.05) is 32.2 Å². The van der Waals surface area contributed by atoms with Crippen molar-refractivity contribution in [2.24, 2.45) is 0 Å². The summed E-state index contributed by atoms with van der Waals surface area (Å²) < 4.78 is 26.9. The summed E-state index contributed by atoms with van der Waals surface area (Å²) in [6, 6.07) is 16.9. The summed E-state index contributed by atoms with van der Waals surface area (Å²) in [4.78, 5) is 0. The Bertz CT molecular complexity index is 877. The van der Waals surface area contributed by atoms with Crippen LogP contribution in [0.15, 0.2) is 65.1 Å². The van der Waals surface area contributed by atoms with E-state index in [4.69, 9.17) is 0 Å². The van der Waals surface area contributed by atoms with Gasteiger partial charge in [0.15, 0.2) is 0 Å². The first-order valence-electron chi connectivity index (χ1n) is 8.19. The Morgan fingerprint density at radius 2 is 1.12 bits per heavy atom. The summed E-state index contributed by atoms with van der Waals surface area (Å²) in [5.74, 6) is -0.477. The molecule has 3 aromatic carbocycles. The fraction of sp³-hybridized carbons (Fsp3) is 0. The van der Waals surface area contributed by atoms with Gasteiger partial charge in [0.1, 0.15) is 19.5 Å². The maximum atomic E-state index is 13.0. The van der Waals surface area contributed by atoms with Gasteiger partial charge < -0.3 is 0 Å². The van der Waals surface area contributed by atoms with E-state index in [0.717, 1.165) is 32.2 Å². The van der Waals surface area contributed by atoms with Crippen molar-refractivity contribution in [3.05, 3.63) is 99.0 Å². The Kier molecular flexibility index (Phi) is 5.84. The van der Waals surface area contributed by atoms with Crippen LogP contribution in [-0.4, -0.2) is 7.85 Å². The predicted molar refractivity (Wildman–Crippen MR) is 113 cm³/mol. The molecular weight excluding hydrogens is 393 g/mol. The first-order valence-corrected chi connectivity index (χ1v) is 8.98. The van der Waals surface area contributed by atoms with Crippen molar-refractivity contribution in [2.45, 2.75) is 0 Å². The molecule has 0 radical (unpaired) electrons. The third kappa shape index (κ3) is 4.80. The van der Waals surface area contributed by atoms with Gasteiger partial charge in [0.2, 0.25) is 0 Å². The molecule has 0 spiro atoms. The molecule has 0 aliphatic carbocycles. The van der Waals surface area contributed by atoms with Crippen LogP contribution in [0, 0.1) is 11.6 Å². The Morgan fingerprint density at radius 1 is 0.654 bits per heavy atom. The lowest BCUT2D eigenvalue weighted by Crippen LogP contribution is -2.07. The molecule has 0 aliphatic heterocycles. The number of benzene rings is 3. The summed E-state index contributed by atoms with van der Waals surface area (Å²) in [6.45, 7) is 0. The fourth-order valence-electron chi connectivity index (χ4n) is 2.55. The zero-order valence-corrected chi connectivity index (χ0v) is 15.8. The molecule has 0 bridgehead atoms. The molecule has 0 amide bonds. The van der Waals surface area contributed by atoms with Crippen LogP contribution >= 0.6 is 15.9 Å². The number of halogens is 3. The van der Waals surface area contributed by atoms with Gasteiger partial charge in [0.25, 0.3) is 0 Å². The smallest absolute Gasteiger partial charge is 0.140 e. The molecule has 0 saturated carbocycles. The highest BCUT2D eigenvalue weighted by Gasteiger charge is 2.02. The van der Waals surface area contributed by atoms with Gasteiger partial charge in [-0.1, -0.05) is 76.0 Å². The first kappa shape index (κ1) is 18.3. The molecule has 0 fully saturated rings. The van der Waals surface area contributed by atoms with E-state index in [2.05, 4.69) is 28.1 Å². The highest BCUT2D eigenvalue weighted by molar-refractivity contribution is 9.10. The van der Waals surface area contributed by atoms with Crippen LogP contribution in [0.2, 0.25) is 0 Å². The minimum Gasteiger partial charge on any atom is -0.207 e. The minimum absolute atomic E-state index is 0.238. The highest BCUT2D eigenvalue weighted by atomic mass is 79.9. The molecule has 0 atom stereocenters. The first-order chi connectivity index (χ1) is 12.5. The average molecular weight is 409 g/mol. The van der Waals surface area contributed by atoms with Crippen molar-refractivity contribution in [3.63, 3.8) is 0 Å². The maximum Gasteiger partial charge on any atom is 0.140 e. The van der Waals surface area contributed by atoms with E-state index in [1.165, 1.54) is 24.3 Å². The van der Waals surface area contributed by atoms with Gasteiger partial charge >= 0.3 is 0 Å². The summed E-state index contributed by atoms with van der Waals surface area (Å²) in [5.41, 5.74) is 5.15. The lowest BCUT2D eigenvalue weighted by Gasteiger charge is -2.06. The Morgan fingerprint density at radius 3 is 1.62 bits per heavy atom. The van der Waals surface area contributed by atoms with Crippen LogP contribution in [-0.2, 0) is 0 Å². The van der Waals surface area contributed by atoms with Crippen molar-refractivity contribution in [1.29, 1.82) is 0 Å². The van der Waals surface area contributed by atoms with E-state index in [1.54, 1.807) is 24.3 Å². The van der Waals surface area contributed by atoms with Gasteiger partial charge in [-0.15, -0.1) is 0 Å². The average Bonchev–Trinajstić information content (AvgIpc) is 2.63. The largest absolute Gasteiger partial charge is 0.207 e. The van der Waals surface area contributed by atoms with E-state index in [-0.39, 0.29) is 11.6 Å². The van der Waals surface area contributed by atoms with E-state index < -0.39 is 0 Å². The highest BCUT2D eigenvalue weighted by Crippen LogP contribution is 2.21. The van der Waals surface area contributed by atoms with Gasteiger partial charge in [-0.05, 0) is 52.6 Å². The van der Waals surface area contributed by atoms with Crippen LogP contribution in [0.1, 0.15) is 22.3 Å². The summed E-state index contributed by atoms with van der Waals surface area (Å²) in [5, 5.41) is 0. The lowest BCUT2D eigenvalue weighted by atomic mass is 9.88. The molecule has 0 aromatic heterocycles. The van der Waals surface area contributed by atoms with Gasteiger partial charge in [0.05, 0.1) is 0 Å². The van der Waals surface area contributed by atoms with Crippen molar-refractivity contribution >= 4 is 53.5 Å². The van der Waals surface area contributed by atoms with E-state index in [0.29, 0.717) is 0 Å². The van der Waals surface area contributed by atoms with Gasteiger partial charge in [0, 0.05) is 4.47 Å². The van der Waals surface area contributed by atoms with Crippen molar-refractivity contribution < 1.29 is 8.78 Å². The maximum absolute atomic E-state index is 13.0. The molecule has 0 saturated heterocycles. The quantitative estimate of drug-likeness (QED) is 0.404. The predicted octanol–water partition coefficient (Wildman–Crippen LogP) is 5.33. The third-order valence-electron chi connectivity index (χ3n) is 4.04. The van der Waals surface area contributed by atoms with Crippen LogP contribution in [0.5, 0.6) is 0 Å². The second kappa shape index (κ2) is 8.28. The van der Waals surface area contributed by atoms with Gasteiger partial charge in [-0.25, -0.2) is 8.78 Å². The molecular formula is C22H16BBrF2. The molecule has 3 aromatic rings. The SMILES string of the molecule is Bc1cc(/C=C/c2ccc(F)cc2)c(Br)cc1/C=C/c1ccc(F)cc1. The molecule has 0 nitrogen and oxygen atoms in total. The van der Waals surface area contributed by atoms with Gasteiger partial charge in [-0.3, -0.25) is 0 Å². The molecule has 4 heteroatoms. The molecule has 128 valence electrons. The van der Waals surface area contributed by atoms with E-state index in [9.17, 15) is 8.78 Å². The molecule has 0 unspecified atom stereocenters. The normalized spacial score (nSPS) is 11.5. The third-order valence-corrected chi connectivity index (χ3v) is 4.72. The topological polar surface area (TPSA) is 0 Å². The second-order valence-corrected chi connectivity index (χ2v) is 6.85. The standard InChI is InChI=1S/C22H16BBrF2/c23-21-13-18(8-2-16-5-11-20(26)12-6-16)22(24)14-17(21)7-1-15-3-9-19(25)10-4-15/h1-14H,23H2/b7-1+,8-2+. The molecule has 3 rings (SSSR count). The Labute approximate surface area is 161 Å². The molecule has 26 heavy (non-hydrogen) atoms. The van der Waals surface area contributed by atoms with Crippen molar-refractivity contribution in [3.8, 4) is 0 Å². The summed E-state index contributed by atoms with van der Waals surface area (Å²) in [7, 11) is 2.05. The lowest BCUT2D eigenvalue weighted by molar-refractivity contribution is 0.627. The van der Waals surface area contributed by atoms with E-state index >= 15 is 0 Å². The summed E-state index contributed by atoms with van der Waals surface area (Å²) in [6.07, 6.45) is 7.92. The zero-order chi connectivity index (χ0) is 18.5. The fourth-order valence-corrected chi connectivity index (χ4v) is 3.04. The van der Waals surface area contributed by atoms with Gasteiger partial charge in [-0.2, -0.15) is 0 Å². The molecule has 0 heterocycles. The van der Waals surface area contributed by atoms with Crippen molar-refractivity contribution in [1.82, 2.24) is 0 Å². The second-order valence-electron chi connectivity index (χ2n) is 6.00. The Hall–Kier alpha value is -2.46. The van der Waals surface area contributed by atoms with Crippen LogP contribution in [0.25, 0.3) is 24.3 Å². The summed E-state index contributed by atoms with van der Waals surface area (Å²) >= 11 is 3.61. The number of hydrogen-bond donors (Lipinski definition) is 0. The Balaban J connectivity index is 1.81. The zero-order valence-electron chi connectivity index (χ0n) is 14.2. The minimum atomic E-state index is -0.239. The monoisotopic (exact) mass is 408 g/mol. The van der Waals surface area contributed by atoms with Crippen LogP contribution in [0.4, 0.5) is 8.78 Å². The number of hydrogen-bond acceptors (Lipinski definition) is 0. The van der Waals surface area contributed by atoms with Crippen LogP contribution in [0.3, 0.4) is 0 Å². The van der Waals surface area contributed by atoms with Crippen LogP contribution < -0.4 is 5.46 Å². The molecule has 0 aliphatic rings. The number of rotatable bonds is 4.